The van der Waals surface area contributed by atoms with Crippen molar-refractivity contribution in [1.29, 1.82) is 0 Å². The molecular formula is C44H58ClF3N8O7. The molecule has 4 fully saturated rings. The monoisotopic (exact) mass is 902 g/mol. The summed E-state index contributed by atoms with van der Waals surface area (Å²) >= 11 is 6.16. The summed E-state index contributed by atoms with van der Waals surface area (Å²) in [5, 5.41) is 2.67. The number of alkyl halides is 3. The lowest BCUT2D eigenvalue weighted by atomic mass is 9.99. The highest BCUT2D eigenvalue weighted by molar-refractivity contribution is 6.33. The minimum absolute atomic E-state index is 0.0477. The number of fused-ring (bicyclic) bond motifs is 1. The van der Waals surface area contributed by atoms with Crippen LogP contribution in [0.25, 0.3) is 0 Å². The molecule has 0 aromatic heterocycles. The molecule has 19 heteroatoms. The Bertz CT molecular complexity index is 1960. The van der Waals surface area contributed by atoms with E-state index in [1.54, 1.807) is 14.7 Å². The summed E-state index contributed by atoms with van der Waals surface area (Å²) in [4.78, 5) is 77.1. The average Bonchev–Trinajstić information content (AvgIpc) is 3.46. The first kappa shape index (κ1) is 46.2. The highest BCUT2D eigenvalue weighted by atomic mass is 35.5. The number of halogens is 4. The quantitative estimate of drug-likeness (QED) is 0.230. The van der Waals surface area contributed by atoms with Crippen LogP contribution in [-0.4, -0.2) is 163 Å². The second-order valence-electron chi connectivity index (χ2n) is 17.1. The molecule has 0 bridgehead atoms. The number of hydrogen-bond acceptors (Lipinski definition) is 10. The molecule has 4 saturated heterocycles. The minimum atomic E-state index is -4.80. The molecule has 5 heterocycles. The number of hydrogen-bond donors (Lipinski definition) is 2. The Hall–Kier alpha value is -4.81. The Balaban J connectivity index is 0.911. The van der Waals surface area contributed by atoms with E-state index in [1.807, 2.05) is 24.3 Å². The number of benzene rings is 2. The third-order valence-electron chi connectivity index (χ3n) is 13.1. The number of piperazine rings is 1. The maximum Gasteiger partial charge on any atom is 0.418 e. The first-order valence-electron chi connectivity index (χ1n) is 22.2. The Labute approximate surface area is 370 Å². The molecule has 5 aliphatic rings. The maximum absolute atomic E-state index is 14.2. The van der Waals surface area contributed by atoms with Gasteiger partial charge in [-0.25, -0.2) is 9.59 Å². The van der Waals surface area contributed by atoms with Crippen molar-refractivity contribution in [2.75, 3.05) is 96.2 Å². The zero-order valence-corrected chi connectivity index (χ0v) is 36.3. The third kappa shape index (κ3) is 11.9. The molecule has 7 rings (SSSR count). The van der Waals surface area contributed by atoms with Gasteiger partial charge in [0, 0.05) is 103 Å². The fraction of sp³-hybridized carbons (Fsp3) is 0.614. The number of nitrogens with zero attached hydrogens (tertiary/aromatic N) is 6. The first-order valence-corrected chi connectivity index (χ1v) is 22.6. The van der Waals surface area contributed by atoms with Crippen molar-refractivity contribution in [3.05, 3.63) is 58.1 Å². The van der Waals surface area contributed by atoms with E-state index in [9.17, 15) is 37.1 Å². The zero-order chi connectivity index (χ0) is 44.7. The van der Waals surface area contributed by atoms with E-state index in [4.69, 9.17) is 26.8 Å². The minimum Gasteiger partial charge on any atom is -0.456 e. The number of amides is 5. The number of nitrogens with two attached hydrogens (primary N) is 1. The van der Waals surface area contributed by atoms with Gasteiger partial charge in [0.1, 0.15) is 0 Å². The first-order chi connectivity index (χ1) is 30.2. The van der Waals surface area contributed by atoms with Gasteiger partial charge in [0.05, 0.1) is 22.7 Å². The second-order valence-corrected chi connectivity index (χ2v) is 17.6. The number of likely N-dealkylation sites (tertiary alicyclic amines) is 3. The summed E-state index contributed by atoms with van der Waals surface area (Å²) < 4.78 is 53.0. The number of nitrogens with one attached hydrogen (secondary N) is 1. The standard InChI is InChI=1S/C44H58ClF3N8O7/c45-35-27-30(26-34(40(35)49)44(46,47)48)28-37(63-43(61)55-19-11-33(12-20-55)56-21-8-31-6-2-3-7-36(31)50-42(56)60)41(59)54-17-9-32(10-18-54)52-24-22-51(23-25-52)16-13-39(58)62-29-38(57)53-14-4-1-5-15-53/h2-3,6-7,26-27,32-33,37H,1,4-5,8-25,28-29,49H2,(H,50,60)/t37-/m1/s1. The lowest BCUT2D eigenvalue weighted by Gasteiger charge is -2.43. The smallest absolute Gasteiger partial charge is 0.418 e. The zero-order valence-electron chi connectivity index (χ0n) is 35.6. The molecule has 5 amide bonds. The molecule has 15 nitrogen and oxygen atoms in total. The van der Waals surface area contributed by atoms with Crippen LogP contribution in [0.2, 0.25) is 5.02 Å². The summed E-state index contributed by atoms with van der Waals surface area (Å²) in [6.45, 7) is 6.54. The largest absolute Gasteiger partial charge is 0.456 e. The van der Waals surface area contributed by atoms with E-state index in [0.29, 0.717) is 71.4 Å². The highest BCUT2D eigenvalue weighted by Crippen LogP contribution is 2.38. The van der Waals surface area contributed by atoms with Crippen LogP contribution in [0.15, 0.2) is 36.4 Å². The topological polar surface area (TPSA) is 161 Å². The van der Waals surface area contributed by atoms with Crippen molar-refractivity contribution in [3.63, 3.8) is 0 Å². The molecule has 2 aromatic rings. The fourth-order valence-electron chi connectivity index (χ4n) is 9.42. The predicted octanol–water partition coefficient (Wildman–Crippen LogP) is 5.10. The van der Waals surface area contributed by atoms with Crippen molar-refractivity contribution >= 4 is 52.9 Å². The number of nitrogen functional groups attached to an aromatic ring is 1. The van der Waals surface area contributed by atoms with Crippen LogP contribution in [0, 0.1) is 0 Å². The van der Waals surface area contributed by atoms with Gasteiger partial charge in [-0.05, 0) is 80.7 Å². The number of esters is 1. The van der Waals surface area contributed by atoms with Crippen molar-refractivity contribution in [2.45, 2.75) is 88.6 Å². The van der Waals surface area contributed by atoms with E-state index in [2.05, 4.69) is 15.1 Å². The van der Waals surface area contributed by atoms with Crippen LogP contribution in [0.1, 0.15) is 68.1 Å². The molecular weight excluding hydrogens is 845 g/mol. The van der Waals surface area contributed by atoms with Crippen LogP contribution in [0.3, 0.4) is 0 Å². The number of piperidine rings is 3. The van der Waals surface area contributed by atoms with Crippen molar-refractivity contribution in [1.82, 2.24) is 29.4 Å². The second kappa shape index (κ2) is 20.8. The molecule has 3 N–H and O–H groups in total. The van der Waals surface area contributed by atoms with Gasteiger partial charge in [-0.3, -0.25) is 19.3 Å². The van der Waals surface area contributed by atoms with Gasteiger partial charge < -0.3 is 45.0 Å². The van der Waals surface area contributed by atoms with Gasteiger partial charge in [-0.2, -0.15) is 13.2 Å². The molecule has 5 aliphatic heterocycles. The predicted molar refractivity (Wildman–Crippen MR) is 229 cm³/mol. The molecule has 0 spiro atoms. The molecule has 0 aliphatic carbocycles. The lowest BCUT2D eigenvalue weighted by molar-refractivity contribution is -0.152. The number of ether oxygens (including phenoxy) is 2. The van der Waals surface area contributed by atoms with E-state index < -0.39 is 35.5 Å². The average molecular weight is 903 g/mol. The Morgan fingerprint density at radius 1 is 0.825 bits per heavy atom. The Morgan fingerprint density at radius 2 is 1.49 bits per heavy atom. The van der Waals surface area contributed by atoms with Gasteiger partial charge in [-0.1, -0.05) is 29.8 Å². The number of anilines is 2. The Morgan fingerprint density at radius 3 is 2.19 bits per heavy atom. The van der Waals surface area contributed by atoms with Gasteiger partial charge in [0.15, 0.2) is 12.7 Å². The SMILES string of the molecule is Nc1c(Cl)cc(C[C@@H](OC(=O)N2CCC(N3CCc4ccccc4NC3=O)CC2)C(=O)N2CCC(N3CCN(CCC(=O)OCC(=O)N4CCCCC4)CC3)CC2)cc1C(F)(F)F. The van der Waals surface area contributed by atoms with Gasteiger partial charge in [-0.15, -0.1) is 0 Å². The van der Waals surface area contributed by atoms with E-state index in [-0.39, 0.29) is 73.1 Å². The number of carbonyl (C=O) groups excluding carboxylic acids is 5. The van der Waals surface area contributed by atoms with Crippen molar-refractivity contribution in [3.8, 4) is 0 Å². The van der Waals surface area contributed by atoms with Gasteiger partial charge in [0.2, 0.25) is 0 Å². The van der Waals surface area contributed by atoms with E-state index >= 15 is 0 Å². The highest BCUT2D eigenvalue weighted by Gasteiger charge is 2.39. The lowest BCUT2D eigenvalue weighted by Crippen LogP contribution is -2.55. The van der Waals surface area contributed by atoms with Crippen LogP contribution in [0.5, 0.6) is 0 Å². The van der Waals surface area contributed by atoms with Crippen LogP contribution >= 0.6 is 11.6 Å². The van der Waals surface area contributed by atoms with Crippen LogP contribution in [-0.2, 0) is 42.9 Å². The third-order valence-corrected chi connectivity index (χ3v) is 13.4. The van der Waals surface area contributed by atoms with Gasteiger partial charge >= 0.3 is 24.3 Å². The summed E-state index contributed by atoms with van der Waals surface area (Å²) in [5.41, 5.74) is 5.81. The molecule has 344 valence electrons. The summed E-state index contributed by atoms with van der Waals surface area (Å²) in [5.74, 6) is -1.04. The van der Waals surface area contributed by atoms with Crippen LogP contribution in [0.4, 0.5) is 34.1 Å². The number of rotatable bonds is 11. The van der Waals surface area contributed by atoms with Crippen LogP contribution < -0.4 is 11.1 Å². The molecule has 2 aromatic carbocycles. The van der Waals surface area contributed by atoms with Gasteiger partial charge in [0.25, 0.3) is 11.8 Å². The summed E-state index contributed by atoms with van der Waals surface area (Å²) in [6, 6.07) is 9.63. The summed E-state index contributed by atoms with van der Waals surface area (Å²) in [6.07, 6.45) is -1.13. The number of carbonyl (C=O) groups is 5. The number of para-hydroxylation sites is 1. The fourth-order valence-corrected chi connectivity index (χ4v) is 9.66. The van der Waals surface area contributed by atoms with Crippen molar-refractivity contribution in [2.24, 2.45) is 0 Å². The molecule has 63 heavy (non-hydrogen) atoms. The molecule has 0 radical (unpaired) electrons. The Kier molecular flexibility index (Phi) is 15.2. The molecule has 0 unspecified atom stereocenters. The van der Waals surface area contributed by atoms with E-state index in [0.717, 1.165) is 62.8 Å². The maximum atomic E-state index is 14.2. The molecule has 0 saturated carbocycles. The summed E-state index contributed by atoms with van der Waals surface area (Å²) in [7, 11) is 0. The number of urea groups is 1. The molecule has 1 atom stereocenters. The normalized spacial score (nSPS) is 20.4. The van der Waals surface area contributed by atoms with E-state index in [1.165, 1.54) is 11.0 Å². The van der Waals surface area contributed by atoms with Crippen molar-refractivity contribution < 1.29 is 46.6 Å².